The number of hydrogen-bond donors (Lipinski definition) is 2. The number of carboxylic acids is 1. The molecule has 0 aliphatic carbocycles. The summed E-state index contributed by atoms with van der Waals surface area (Å²) in [6, 6.07) is 3.19. The minimum absolute atomic E-state index is 0.0865. The Labute approximate surface area is 119 Å². The first-order valence-corrected chi connectivity index (χ1v) is 7.39. The van der Waals surface area contributed by atoms with E-state index in [1.54, 1.807) is 11.8 Å². The summed E-state index contributed by atoms with van der Waals surface area (Å²) in [6.45, 7) is 1.95. The lowest BCUT2D eigenvalue weighted by Crippen LogP contribution is -2.22. The van der Waals surface area contributed by atoms with Gasteiger partial charge in [-0.2, -0.15) is 24.9 Å². The van der Waals surface area contributed by atoms with E-state index in [1.165, 1.54) is 6.07 Å². The van der Waals surface area contributed by atoms with Crippen molar-refractivity contribution in [3.8, 4) is 0 Å². The highest BCUT2D eigenvalue weighted by Crippen LogP contribution is 2.33. The van der Waals surface area contributed by atoms with Gasteiger partial charge in [0, 0.05) is 17.5 Å². The molecule has 0 radical (unpaired) electrons. The summed E-state index contributed by atoms with van der Waals surface area (Å²) in [7, 11) is 0. The number of nitrogens with one attached hydrogen (secondary N) is 1. The van der Waals surface area contributed by atoms with Crippen molar-refractivity contribution in [2.75, 3.05) is 17.3 Å². The van der Waals surface area contributed by atoms with Gasteiger partial charge in [0.2, 0.25) is 0 Å². The normalized spacial score (nSPS) is 13.1. The highest BCUT2D eigenvalue weighted by molar-refractivity contribution is 7.98. The number of hydrogen-bond acceptors (Lipinski definition) is 3. The second-order valence-electron chi connectivity index (χ2n) is 4.27. The number of alkyl halides is 3. The Morgan fingerprint density at radius 2 is 2.10 bits per heavy atom. The van der Waals surface area contributed by atoms with E-state index in [0.717, 1.165) is 24.3 Å². The standard InChI is InChI=1S/C13H16F3NO2S/c1-3-8(7-20-2)17-9-4-5-11(13(14,15)16)10(6-9)12(18)19/h4-6,8,17H,3,7H2,1-2H3,(H,18,19). The van der Waals surface area contributed by atoms with Crippen molar-refractivity contribution < 1.29 is 23.1 Å². The zero-order chi connectivity index (χ0) is 15.3. The van der Waals surface area contributed by atoms with Crippen LogP contribution in [0.2, 0.25) is 0 Å². The maximum absolute atomic E-state index is 12.7. The Morgan fingerprint density at radius 3 is 2.55 bits per heavy atom. The smallest absolute Gasteiger partial charge is 0.417 e. The van der Waals surface area contributed by atoms with Gasteiger partial charge in [-0.3, -0.25) is 0 Å². The van der Waals surface area contributed by atoms with Crippen molar-refractivity contribution in [1.29, 1.82) is 0 Å². The topological polar surface area (TPSA) is 49.3 Å². The third-order valence-electron chi connectivity index (χ3n) is 2.79. The van der Waals surface area contributed by atoms with E-state index in [2.05, 4.69) is 5.32 Å². The van der Waals surface area contributed by atoms with Crippen LogP contribution in [0.15, 0.2) is 18.2 Å². The zero-order valence-corrected chi connectivity index (χ0v) is 11.9. The molecule has 3 nitrogen and oxygen atoms in total. The maximum atomic E-state index is 12.7. The molecule has 1 atom stereocenters. The molecular formula is C13H16F3NO2S. The van der Waals surface area contributed by atoms with E-state index in [0.29, 0.717) is 5.69 Å². The van der Waals surface area contributed by atoms with Crippen LogP contribution in [0, 0.1) is 0 Å². The first-order chi connectivity index (χ1) is 9.29. The molecule has 2 N–H and O–H groups in total. The van der Waals surface area contributed by atoms with Crippen LogP contribution in [0.1, 0.15) is 29.3 Å². The molecule has 1 aromatic rings. The summed E-state index contributed by atoms with van der Waals surface area (Å²) in [5, 5.41) is 12.0. The second kappa shape index (κ2) is 6.88. The highest BCUT2D eigenvalue weighted by atomic mass is 32.2. The predicted molar refractivity (Wildman–Crippen MR) is 74.5 cm³/mol. The lowest BCUT2D eigenvalue weighted by molar-refractivity contribution is -0.138. The van der Waals surface area contributed by atoms with Crippen molar-refractivity contribution in [3.63, 3.8) is 0 Å². The van der Waals surface area contributed by atoms with Crippen molar-refractivity contribution in [2.24, 2.45) is 0 Å². The minimum Gasteiger partial charge on any atom is -0.478 e. The summed E-state index contributed by atoms with van der Waals surface area (Å²) in [5.74, 6) is -0.793. The van der Waals surface area contributed by atoms with Gasteiger partial charge in [-0.15, -0.1) is 0 Å². The molecule has 0 spiro atoms. The molecule has 0 aromatic heterocycles. The number of anilines is 1. The molecule has 20 heavy (non-hydrogen) atoms. The number of thioether (sulfide) groups is 1. The second-order valence-corrected chi connectivity index (χ2v) is 5.18. The monoisotopic (exact) mass is 307 g/mol. The van der Waals surface area contributed by atoms with E-state index >= 15 is 0 Å². The summed E-state index contributed by atoms with van der Waals surface area (Å²) < 4.78 is 38.1. The van der Waals surface area contributed by atoms with Gasteiger partial charge in [0.15, 0.2) is 0 Å². The lowest BCUT2D eigenvalue weighted by Gasteiger charge is -2.18. The van der Waals surface area contributed by atoms with Crippen LogP contribution in [-0.2, 0) is 6.18 Å². The van der Waals surface area contributed by atoms with E-state index in [9.17, 15) is 18.0 Å². The molecule has 0 aliphatic heterocycles. The zero-order valence-electron chi connectivity index (χ0n) is 11.1. The maximum Gasteiger partial charge on any atom is 0.417 e. The third kappa shape index (κ3) is 4.33. The van der Waals surface area contributed by atoms with Crippen molar-refractivity contribution in [3.05, 3.63) is 29.3 Å². The van der Waals surface area contributed by atoms with Gasteiger partial charge in [0.25, 0.3) is 0 Å². The summed E-state index contributed by atoms with van der Waals surface area (Å²) in [4.78, 5) is 11.0. The number of aromatic carboxylic acids is 1. The number of benzene rings is 1. The molecule has 0 saturated heterocycles. The van der Waals surface area contributed by atoms with Crippen LogP contribution in [0.3, 0.4) is 0 Å². The molecule has 1 rings (SSSR count). The molecule has 0 aliphatic rings. The number of carboxylic acid groups (broad SMARTS) is 1. The average molecular weight is 307 g/mol. The van der Waals surface area contributed by atoms with Crippen LogP contribution in [-0.4, -0.2) is 29.1 Å². The van der Waals surface area contributed by atoms with Crippen LogP contribution in [0.5, 0.6) is 0 Å². The largest absolute Gasteiger partial charge is 0.478 e. The van der Waals surface area contributed by atoms with E-state index in [1.807, 2.05) is 13.2 Å². The molecule has 112 valence electrons. The molecule has 1 aromatic carbocycles. The summed E-state index contributed by atoms with van der Waals surface area (Å²) >= 11 is 1.61. The first-order valence-electron chi connectivity index (χ1n) is 5.99. The van der Waals surface area contributed by atoms with Crippen LogP contribution in [0.25, 0.3) is 0 Å². The Bertz CT molecular complexity index is 477. The number of carbonyl (C=O) groups is 1. The van der Waals surface area contributed by atoms with E-state index in [4.69, 9.17) is 5.11 Å². The Kier molecular flexibility index (Phi) is 5.74. The molecule has 0 amide bonds. The van der Waals surface area contributed by atoms with Gasteiger partial charge in [-0.05, 0) is 30.9 Å². The van der Waals surface area contributed by atoms with Crippen molar-refractivity contribution in [1.82, 2.24) is 0 Å². The summed E-state index contributed by atoms with van der Waals surface area (Å²) in [5.41, 5.74) is -1.48. The molecule has 1 unspecified atom stereocenters. The van der Waals surface area contributed by atoms with Gasteiger partial charge in [0.1, 0.15) is 0 Å². The fraction of sp³-hybridized carbons (Fsp3) is 0.462. The van der Waals surface area contributed by atoms with Crippen LogP contribution < -0.4 is 5.32 Å². The lowest BCUT2D eigenvalue weighted by atomic mass is 10.1. The fourth-order valence-electron chi connectivity index (χ4n) is 1.76. The minimum atomic E-state index is -4.67. The third-order valence-corrected chi connectivity index (χ3v) is 3.52. The molecule has 0 bridgehead atoms. The summed E-state index contributed by atoms with van der Waals surface area (Å²) in [6.07, 6.45) is -1.94. The Morgan fingerprint density at radius 1 is 1.45 bits per heavy atom. The van der Waals surface area contributed by atoms with Crippen LogP contribution in [0.4, 0.5) is 18.9 Å². The number of halogens is 3. The molecule has 0 heterocycles. The van der Waals surface area contributed by atoms with Gasteiger partial charge in [-0.25, -0.2) is 4.79 Å². The molecular weight excluding hydrogens is 291 g/mol. The van der Waals surface area contributed by atoms with E-state index in [-0.39, 0.29) is 6.04 Å². The quantitative estimate of drug-likeness (QED) is 0.835. The van der Waals surface area contributed by atoms with Crippen molar-refractivity contribution in [2.45, 2.75) is 25.6 Å². The average Bonchev–Trinajstić information content (AvgIpc) is 2.36. The molecule has 0 fully saturated rings. The first kappa shape index (κ1) is 16.7. The van der Waals surface area contributed by atoms with Crippen molar-refractivity contribution >= 4 is 23.4 Å². The van der Waals surface area contributed by atoms with Gasteiger partial charge < -0.3 is 10.4 Å². The van der Waals surface area contributed by atoms with Gasteiger partial charge >= 0.3 is 12.1 Å². The SMILES string of the molecule is CCC(CSC)Nc1ccc(C(F)(F)F)c(C(=O)O)c1. The number of rotatable bonds is 6. The Balaban J connectivity index is 3.08. The Hall–Kier alpha value is -1.37. The predicted octanol–water partition coefficient (Wildman–Crippen LogP) is 3.96. The highest BCUT2D eigenvalue weighted by Gasteiger charge is 2.35. The van der Waals surface area contributed by atoms with E-state index < -0.39 is 23.3 Å². The van der Waals surface area contributed by atoms with Gasteiger partial charge in [0.05, 0.1) is 11.1 Å². The molecule has 7 heteroatoms. The van der Waals surface area contributed by atoms with Gasteiger partial charge in [-0.1, -0.05) is 6.92 Å². The fourth-order valence-corrected chi connectivity index (χ4v) is 2.48. The van der Waals surface area contributed by atoms with Crippen LogP contribution >= 0.6 is 11.8 Å². The molecule has 0 saturated carbocycles.